The Kier molecular flexibility index (Phi) is 9.19. The van der Waals surface area contributed by atoms with Crippen LogP contribution in [0.1, 0.15) is 57.4 Å². The molecule has 0 nitrogen and oxygen atoms in total. The van der Waals surface area contributed by atoms with Crippen LogP contribution in [0.15, 0.2) is 34.8 Å². The van der Waals surface area contributed by atoms with Crippen LogP contribution >= 0.6 is 15.9 Å². The first-order valence-corrected chi connectivity index (χ1v) is 8.03. The maximum Gasteiger partial charge on any atom is 0.0247 e. The molecule has 0 aliphatic carbocycles. The maximum atomic E-state index is 3.52. The Bertz CT molecular complexity index is 434. The summed E-state index contributed by atoms with van der Waals surface area (Å²) in [5, 5.41) is 0. The third-order valence-electron chi connectivity index (χ3n) is 3.01. The topological polar surface area (TPSA) is 0 Å². The van der Waals surface area contributed by atoms with Gasteiger partial charge in [-0.2, -0.15) is 0 Å². The Hall–Kier alpha value is -1.00. The van der Waals surface area contributed by atoms with Crippen LogP contribution in [0.2, 0.25) is 0 Å². The second-order valence-electron chi connectivity index (χ2n) is 4.69. The monoisotopic (exact) mass is 318 g/mol. The lowest BCUT2D eigenvalue weighted by atomic mass is 10.1. The van der Waals surface area contributed by atoms with Crippen molar-refractivity contribution in [2.75, 3.05) is 0 Å². The summed E-state index contributed by atoms with van der Waals surface area (Å²) in [6, 6.07) is 8.18. The van der Waals surface area contributed by atoms with E-state index in [-0.39, 0.29) is 0 Å². The van der Waals surface area contributed by atoms with Crippen LogP contribution in [0, 0.1) is 11.8 Å². The van der Waals surface area contributed by atoms with Gasteiger partial charge in [-0.1, -0.05) is 85.0 Å². The van der Waals surface area contributed by atoms with Gasteiger partial charge in [0, 0.05) is 10.9 Å². The Morgan fingerprint density at radius 2 is 1.79 bits per heavy atom. The van der Waals surface area contributed by atoms with Crippen molar-refractivity contribution in [1.29, 1.82) is 0 Å². The largest absolute Gasteiger partial charge is 0.0985 e. The zero-order chi connectivity index (χ0) is 13.8. The third-order valence-corrected chi connectivity index (χ3v) is 3.73. The first-order valence-electron chi connectivity index (χ1n) is 7.24. The summed E-state index contributed by atoms with van der Waals surface area (Å²) < 4.78 is 1.11. The molecule has 0 amide bonds. The molecule has 0 N–H and O–H groups in total. The minimum absolute atomic E-state index is 1.02. The number of unbranched alkanes of at least 4 members (excludes halogenated alkanes) is 6. The lowest BCUT2D eigenvalue weighted by Gasteiger charge is -1.96. The van der Waals surface area contributed by atoms with Gasteiger partial charge < -0.3 is 0 Å². The standard InChI is InChI=1S/C18H23Br/c1-2-3-4-5-6-7-8-9-10-11-14-17-15-12-13-16-18(17)19/h11-16H,2-8H2,1H3/b14-11-. The quantitative estimate of drug-likeness (QED) is 0.413. The molecule has 0 spiro atoms. The fourth-order valence-corrected chi connectivity index (χ4v) is 2.28. The average molecular weight is 319 g/mol. The Morgan fingerprint density at radius 1 is 1.05 bits per heavy atom. The fraction of sp³-hybridized carbons (Fsp3) is 0.444. The zero-order valence-corrected chi connectivity index (χ0v) is 13.4. The van der Waals surface area contributed by atoms with E-state index in [9.17, 15) is 0 Å². The van der Waals surface area contributed by atoms with E-state index < -0.39 is 0 Å². The Labute approximate surface area is 126 Å². The van der Waals surface area contributed by atoms with Gasteiger partial charge >= 0.3 is 0 Å². The molecule has 0 radical (unpaired) electrons. The van der Waals surface area contributed by atoms with E-state index in [0.717, 1.165) is 10.9 Å². The summed E-state index contributed by atoms with van der Waals surface area (Å²) >= 11 is 3.52. The molecular weight excluding hydrogens is 296 g/mol. The molecule has 0 heterocycles. The predicted molar refractivity (Wildman–Crippen MR) is 88.9 cm³/mol. The molecule has 0 saturated heterocycles. The van der Waals surface area contributed by atoms with E-state index in [1.807, 2.05) is 24.3 Å². The Balaban J connectivity index is 2.16. The van der Waals surface area contributed by atoms with Gasteiger partial charge in [0.25, 0.3) is 0 Å². The molecule has 0 aliphatic rings. The summed E-state index contributed by atoms with van der Waals surface area (Å²) in [5.74, 6) is 6.33. The molecule has 0 bridgehead atoms. The smallest absolute Gasteiger partial charge is 0.0247 e. The van der Waals surface area contributed by atoms with Crippen LogP contribution in [0.5, 0.6) is 0 Å². The summed E-state index contributed by atoms with van der Waals surface area (Å²) in [6.45, 7) is 2.25. The molecule has 0 aliphatic heterocycles. The number of hydrogen-bond acceptors (Lipinski definition) is 0. The minimum Gasteiger partial charge on any atom is -0.0985 e. The van der Waals surface area contributed by atoms with Gasteiger partial charge in [0.15, 0.2) is 0 Å². The minimum atomic E-state index is 1.02. The zero-order valence-electron chi connectivity index (χ0n) is 11.8. The highest BCUT2D eigenvalue weighted by molar-refractivity contribution is 9.10. The van der Waals surface area contributed by atoms with Crippen LogP contribution in [0.3, 0.4) is 0 Å². The molecule has 102 valence electrons. The van der Waals surface area contributed by atoms with Crippen molar-refractivity contribution in [3.63, 3.8) is 0 Å². The van der Waals surface area contributed by atoms with Gasteiger partial charge in [-0.25, -0.2) is 0 Å². The maximum absolute atomic E-state index is 3.52. The molecule has 0 aromatic heterocycles. The van der Waals surface area contributed by atoms with E-state index in [4.69, 9.17) is 0 Å². The predicted octanol–water partition coefficient (Wildman–Crippen LogP) is 6.22. The number of allylic oxidation sites excluding steroid dienone is 1. The molecule has 0 saturated carbocycles. The van der Waals surface area contributed by atoms with Crippen molar-refractivity contribution in [3.05, 3.63) is 40.4 Å². The number of hydrogen-bond donors (Lipinski definition) is 0. The van der Waals surface area contributed by atoms with E-state index in [1.54, 1.807) is 0 Å². The van der Waals surface area contributed by atoms with Crippen molar-refractivity contribution in [2.45, 2.75) is 51.9 Å². The average Bonchev–Trinajstić information content (AvgIpc) is 2.43. The van der Waals surface area contributed by atoms with Gasteiger partial charge in [-0.05, 0) is 30.2 Å². The van der Waals surface area contributed by atoms with Crippen molar-refractivity contribution in [2.24, 2.45) is 0 Å². The number of rotatable bonds is 7. The first-order chi connectivity index (χ1) is 9.34. The van der Waals surface area contributed by atoms with Gasteiger partial charge in [0.2, 0.25) is 0 Å². The van der Waals surface area contributed by atoms with Crippen LogP contribution < -0.4 is 0 Å². The van der Waals surface area contributed by atoms with Crippen LogP contribution in [0.25, 0.3) is 6.08 Å². The van der Waals surface area contributed by atoms with E-state index in [1.165, 1.54) is 44.1 Å². The van der Waals surface area contributed by atoms with Crippen LogP contribution in [0.4, 0.5) is 0 Å². The molecule has 1 aromatic carbocycles. The van der Waals surface area contributed by atoms with Crippen LogP contribution in [-0.2, 0) is 0 Å². The summed E-state index contributed by atoms with van der Waals surface area (Å²) in [6.07, 6.45) is 13.0. The molecule has 0 atom stereocenters. The second kappa shape index (κ2) is 10.9. The Morgan fingerprint density at radius 3 is 2.58 bits per heavy atom. The molecule has 0 fully saturated rings. The fourth-order valence-electron chi connectivity index (χ4n) is 1.87. The van der Waals surface area contributed by atoms with Crippen LogP contribution in [-0.4, -0.2) is 0 Å². The molecule has 1 heteroatoms. The number of benzene rings is 1. The molecule has 1 rings (SSSR count). The lowest BCUT2D eigenvalue weighted by molar-refractivity contribution is 0.614. The third kappa shape index (κ3) is 7.90. The summed E-state index contributed by atoms with van der Waals surface area (Å²) in [7, 11) is 0. The summed E-state index contributed by atoms with van der Waals surface area (Å²) in [4.78, 5) is 0. The highest BCUT2D eigenvalue weighted by atomic mass is 79.9. The van der Waals surface area contributed by atoms with Gasteiger partial charge in [0.05, 0.1) is 0 Å². The molecule has 1 aromatic rings. The van der Waals surface area contributed by atoms with E-state index >= 15 is 0 Å². The van der Waals surface area contributed by atoms with Gasteiger partial charge in [-0.15, -0.1) is 0 Å². The van der Waals surface area contributed by atoms with Gasteiger partial charge in [0.1, 0.15) is 0 Å². The van der Waals surface area contributed by atoms with Crippen molar-refractivity contribution >= 4 is 22.0 Å². The van der Waals surface area contributed by atoms with Crippen molar-refractivity contribution < 1.29 is 0 Å². The second-order valence-corrected chi connectivity index (χ2v) is 5.55. The van der Waals surface area contributed by atoms with Crippen molar-refractivity contribution in [1.82, 2.24) is 0 Å². The highest BCUT2D eigenvalue weighted by Crippen LogP contribution is 2.16. The first kappa shape index (κ1) is 16.1. The van der Waals surface area contributed by atoms with Crippen molar-refractivity contribution in [3.8, 4) is 11.8 Å². The highest BCUT2D eigenvalue weighted by Gasteiger charge is 1.91. The normalized spacial score (nSPS) is 10.4. The van der Waals surface area contributed by atoms with E-state index in [0.29, 0.717) is 0 Å². The molecule has 19 heavy (non-hydrogen) atoms. The number of halogens is 1. The molecular formula is C18H23Br. The molecule has 0 unspecified atom stereocenters. The SMILES string of the molecule is CCCCCCCCC#C/C=C\c1ccccc1Br. The summed E-state index contributed by atoms with van der Waals surface area (Å²) in [5.41, 5.74) is 1.18. The van der Waals surface area contributed by atoms with E-state index in [2.05, 4.69) is 46.8 Å². The lowest BCUT2D eigenvalue weighted by Crippen LogP contribution is -1.77. The van der Waals surface area contributed by atoms with Gasteiger partial charge in [-0.3, -0.25) is 0 Å².